The molecule has 6 heteroatoms. The van der Waals surface area contributed by atoms with Crippen molar-refractivity contribution in [3.63, 3.8) is 0 Å². The van der Waals surface area contributed by atoms with Crippen LogP contribution in [-0.2, 0) is 6.18 Å². The highest BCUT2D eigenvalue weighted by atomic mass is 32.2. The highest BCUT2D eigenvalue weighted by Gasteiger charge is 2.33. The summed E-state index contributed by atoms with van der Waals surface area (Å²) in [4.78, 5) is 3.82. The van der Waals surface area contributed by atoms with Gasteiger partial charge in [-0.2, -0.15) is 13.2 Å². The maximum absolute atomic E-state index is 13.1. The predicted octanol–water partition coefficient (Wildman–Crippen LogP) is 5.44. The van der Waals surface area contributed by atoms with Crippen molar-refractivity contribution in [2.45, 2.75) is 41.8 Å². The molecule has 2 aromatic rings. The second kappa shape index (κ2) is 6.01. The molecule has 0 amide bonds. The zero-order valence-corrected chi connectivity index (χ0v) is 14.3. The Kier molecular flexibility index (Phi) is 4.30. The molecule has 0 radical (unpaired) electrons. The summed E-state index contributed by atoms with van der Waals surface area (Å²) in [6.45, 7) is 4.41. The van der Waals surface area contributed by atoms with Crippen LogP contribution in [0.15, 0.2) is 52.3 Å². The van der Waals surface area contributed by atoms with Crippen molar-refractivity contribution < 1.29 is 13.2 Å². The zero-order chi connectivity index (χ0) is 17.5. The van der Waals surface area contributed by atoms with Gasteiger partial charge in [-0.25, -0.2) is 0 Å². The molecule has 1 heterocycles. The Hall–Kier alpha value is -1.66. The molecular formula is C18H19F3N2S. The van der Waals surface area contributed by atoms with Gasteiger partial charge >= 0.3 is 6.18 Å². The third kappa shape index (κ3) is 3.54. The standard InChI is InChI=1S/C18H19F3N2S/c1-17(2,22)9-10-23-13-5-3-4-6-15(13)24-16-8-7-12(11-14(16)23)18(19,20)21/h3-8,11H,9-10,22H2,1-2H3. The molecule has 1 aliphatic rings. The SMILES string of the molecule is CC(C)(N)CCN1c2ccccc2Sc2ccc(C(F)(F)F)cc21. The lowest BCUT2D eigenvalue weighted by Gasteiger charge is -2.35. The quantitative estimate of drug-likeness (QED) is 0.798. The molecule has 0 saturated heterocycles. The van der Waals surface area contributed by atoms with Gasteiger partial charge < -0.3 is 10.6 Å². The number of anilines is 2. The van der Waals surface area contributed by atoms with Gasteiger partial charge in [0.2, 0.25) is 0 Å². The van der Waals surface area contributed by atoms with Crippen LogP contribution < -0.4 is 10.6 Å². The molecule has 128 valence electrons. The van der Waals surface area contributed by atoms with Crippen molar-refractivity contribution in [2.75, 3.05) is 11.4 Å². The number of nitrogens with two attached hydrogens (primary N) is 1. The zero-order valence-electron chi connectivity index (χ0n) is 13.5. The van der Waals surface area contributed by atoms with Crippen molar-refractivity contribution in [1.82, 2.24) is 0 Å². The fraction of sp³-hybridized carbons (Fsp3) is 0.333. The molecule has 0 aliphatic carbocycles. The first kappa shape index (κ1) is 17.2. The number of alkyl halides is 3. The number of rotatable bonds is 3. The Morgan fingerprint density at radius 1 is 1.00 bits per heavy atom. The fourth-order valence-electron chi connectivity index (χ4n) is 2.65. The molecule has 0 fully saturated rings. The number of hydrogen-bond acceptors (Lipinski definition) is 3. The smallest absolute Gasteiger partial charge is 0.340 e. The molecule has 2 nitrogen and oxygen atoms in total. The first-order valence-electron chi connectivity index (χ1n) is 7.70. The van der Waals surface area contributed by atoms with Crippen LogP contribution in [0.25, 0.3) is 0 Å². The van der Waals surface area contributed by atoms with Gasteiger partial charge in [0.15, 0.2) is 0 Å². The van der Waals surface area contributed by atoms with Crippen molar-refractivity contribution in [1.29, 1.82) is 0 Å². The summed E-state index contributed by atoms with van der Waals surface area (Å²) in [5, 5.41) is 0. The highest BCUT2D eigenvalue weighted by molar-refractivity contribution is 7.99. The van der Waals surface area contributed by atoms with E-state index in [1.54, 1.807) is 6.07 Å². The molecule has 1 aliphatic heterocycles. The van der Waals surface area contributed by atoms with E-state index in [1.165, 1.54) is 17.8 Å². The van der Waals surface area contributed by atoms with Crippen LogP contribution in [0, 0.1) is 0 Å². The Bertz CT molecular complexity index is 751. The van der Waals surface area contributed by atoms with Gasteiger partial charge in [0.05, 0.1) is 16.9 Å². The number of fused-ring (bicyclic) bond motifs is 2. The third-order valence-corrected chi connectivity index (χ3v) is 5.06. The molecule has 2 aromatic carbocycles. The van der Waals surface area contributed by atoms with Crippen molar-refractivity contribution in [3.8, 4) is 0 Å². The molecule has 0 spiro atoms. The minimum atomic E-state index is -4.35. The van der Waals surface area contributed by atoms with Crippen molar-refractivity contribution in [3.05, 3.63) is 48.0 Å². The first-order chi connectivity index (χ1) is 11.1. The molecular weight excluding hydrogens is 333 g/mol. The molecule has 3 rings (SSSR count). The Morgan fingerprint density at radius 2 is 1.67 bits per heavy atom. The predicted molar refractivity (Wildman–Crippen MR) is 91.9 cm³/mol. The van der Waals surface area contributed by atoms with Crippen molar-refractivity contribution in [2.24, 2.45) is 5.73 Å². The molecule has 24 heavy (non-hydrogen) atoms. The summed E-state index contributed by atoms with van der Waals surface area (Å²) >= 11 is 1.50. The molecule has 0 bridgehead atoms. The molecule has 0 atom stereocenters. The minimum Gasteiger partial charge on any atom is -0.340 e. The van der Waals surface area contributed by atoms with Crippen LogP contribution in [0.2, 0.25) is 0 Å². The Labute approximate surface area is 143 Å². The van der Waals surface area contributed by atoms with Crippen LogP contribution in [-0.4, -0.2) is 12.1 Å². The second-order valence-corrected chi connectivity index (χ2v) is 7.72. The van der Waals surface area contributed by atoms with Gasteiger partial charge in [0, 0.05) is 21.9 Å². The molecule has 0 saturated carbocycles. The third-order valence-electron chi connectivity index (χ3n) is 3.93. The lowest BCUT2D eigenvalue weighted by Crippen LogP contribution is -2.36. The van der Waals surface area contributed by atoms with E-state index in [-0.39, 0.29) is 5.54 Å². The van der Waals surface area contributed by atoms with E-state index in [2.05, 4.69) is 0 Å². The molecule has 0 unspecified atom stereocenters. The average Bonchev–Trinajstić information content (AvgIpc) is 2.49. The monoisotopic (exact) mass is 352 g/mol. The summed E-state index contributed by atoms with van der Waals surface area (Å²) in [6, 6.07) is 11.7. The number of halogens is 3. The van der Waals surface area contributed by atoms with Gasteiger partial charge in [-0.1, -0.05) is 23.9 Å². The van der Waals surface area contributed by atoms with Gasteiger partial charge in [-0.15, -0.1) is 0 Å². The minimum absolute atomic E-state index is 0.388. The number of nitrogens with zero attached hydrogens (tertiary/aromatic N) is 1. The Balaban J connectivity index is 2.06. The summed E-state index contributed by atoms with van der Waals surface area (Å²) in [5.41, 5.74) is 6.59. The van der Waals surface area contributed by atoms with E-state index in [4.69, 9.17) is 5.73 Å². The van der Waals surface area contributed by atoms with E-state index >= 15 is 0 Å². The van der Waals surface area contributed by atoms with Gasteiger partial charge in [0.25, 0.3) is 0 Å². The normalized spacial score (nSPS) is 14.3. The van der Waals surface area contributed by atoms with Gasteiger partial charge in [0.1, 0.15) is 0 Å². The number of para-hydroxylation sites is 1. The molecule has 0 aromatic heterocycles. The maximum Gasteiger partial charge on any atom is 0.416 e. The highest BCUT2D eigenvalue weighted by Crippen LogP contribution is 2.49. The van der Waals surface area contributed by atoms with Gasteiger partial charge in [-0.3, -0.25) is 0 Å². The lowest BCUT2D eigenvalue weighted by molar-refractivity contribution is -0.137. The lowest BCUT2D eigenvalue weighted by atomic mass is 10.0. The molecule has 2 N–H and O–H groups in total. The maximum atomic E-state index is 13.1. The summed E-state index contributed by atoms with van der Waals surface area (Å²) < 4.78 is 39.3. The van der Waals surface area contributed by atoms with E-state index in [9.17, 15) is 13.2 Å². The summed E-state index contributed by atoms with van der Waals surface area (Å²) in [5.74, 6) is 0. The van der Waals surface area contributed by atoms with Crippen LogP contribution in [0.3, 0.4) is 0 Å². The fourth-order valence-corrected chi connectivity index (χ4v) is 3.72. The average molecular weight is 352 g/mol. The van der Waals surface area contributed by atoms with Crippen LogP contribution in [0.5, 0.6) is 0 Å². The summed E-state index contributed by atoms with van der Waals surface area (Å²) in [6.07, 6.45) is -3.68. The van der Waals surface area contributed by atoms with E-state index in [0.29, 0.717) is 18.7 Å². The summed E-state index contributed by atoms with van der Waals surface area (Å²) in [7, 11) is 0. The Morgan fingerprint density at radius 3 is 2.33 bits per heavy atom. The number of benzene rings is 2. The van der Waals surface area contributed by atoms with Gasteiger partial charge in [-0.05, 0) is 50.6 Å². The van der Waals surface area contributed by atoms with Crippen LogP contribution in [0.4, 0.5) is 24.5 Å². The van der Waals surface area contributed by atoms with Crippen LogP contribution in [0.1, 0.15) is 25.8 Å². The van der Waals surface area contributed by atoms with Crippen molar-refractivity contribution >= 4 is 23.1 Å². The van der Waals surface area contributed by atoms with E-state index in [0.717, 1.165) is 21.5 Å². The van der Waals surface area contributed by atoms with E-state index in [1.807, 2.05) is 43.0 Å². The second-order valence-electron chi connectivity index (χ2n) is 6.64. The topological polar surface area (TPSA) is 29.3 Å². The van der Waals surface area contributed by atoms with Crippen LogP contribution >= 0.6 is 11.8 Å². The largest absolute Gasteiger partial charge is 0.416 e. The number of hydrogen-bond donors (Lipinski definition) is 1. The first-order valence-corrected chi connectivity index (χ1v) is 8.51. The van der Waals surface area contributed by atoms with E-state index < -0.39 is 11.7 Å².